The van der Waals surface area contributed by atoms with Gasteiger partial charge in [-0.1, -0.05) is 0 Å². The Kier molecular flexibility index (Phi) is 1.64. The van der Waals surface area contributed by atoms with Crippen molar-refractivity contribution in [1.29, 1.82) is 0 Å². The molecule has 0 fully saturated rings. The molecule has 0 spiro atoms. The van der Waals surface area contributed by atoms with Gasteiger partial charge in [0.15, 0.2) is 11.5 Å². The first-order chi connectivity index (χ1) is 5.66. The van der Waals surface area contributed by atoms with Crippen molar-refractivity contribution in [2.75, 3.05) is 0 Å². The number of hydrogen-bond donors (Lipinski definition) is 3. The fraction of sp³-hybridized carbons (Fsp3) is 0. The van der Waals surface area contributed by atoms with Crippen LogP contribution in [-0.4, -0.2) is 15.2 Å². The number of halogens is 1. The van der Waals surface area contributed by atoms with E-state index in [9.17, 15) is 0 Å². The molecular weight excluding hydrogens is 269 g/mol. The van der Waals surface area contributed by atoms with Gasteiger partial charge in [-0.05, 0) is 34.7 Å². The van der Waals surface area contributed by atoms with Crippen molar-refractivity contribution >= 4 is 33.5 Å². The highest BCUT2D eigenvalue weighted by molar-refractivity contribution is 14.1. The van der Waals surface area contributed by atoms with Crippen LogP contribution in [0.15, 0.2) is 18.2 Å². The van der Waals surface area contributed by atoms with Crippen LogP contribution < -0.4 is 0 Å². The van der Waals surface area contributed by atoms with Gasteiger partial charge in [-0.15, -0.1) is 0 Å². The van der Waals surface area contributed by atoms with Crippen molar-refractivity contribution in [3.8, 4) is 11.5 Å². The molecule has 2 aromatic rings. The molecule has 1 heterocycles. The summed E-state index contributed by atoms with van der Waals surface area (Å²) in [7, 11) is 0. The molecule has 62 valence electrons. The van der Waals surface area contributed by atoms with Crippen molar-refractivity contribution in [3.63, 3.8) is 0 Å². The van der Waals surface area contributed by atoms with E-state index in [-0.39, 0.29) is 11.5 Å². The van der Waals surface area contributed by atoms with E-state index in [4.69, 9.17) is 10.2 Å². The summed E-state index contributed by atoms with van der Waals surface area (Å²) >= 11 is 2.14. The summed E-state index contributed by atoms with van der Waals surface area (Å²) in [5.74, 6) is -0.182. The number of aromatic amines is 1. The molecule has 0 radical (unpaired) electrons. The largest absolute Gasteiger partial charge is 0.504 e. The van der Waals surface area contributed by atoms with Crippen molar-refractivity contribution in [3.05, 3.63) is 21.9 Å². The number of hydrogen-bond acceptors (Lipinski definition) is 2. The van der Waals surface area contributed by atoms with E-state index in [0.29, 0.717) is 0 Å². The van der Waals surface area contributed by atoms with Gasteiger partial charge in [0.25, 0.3) is 0 Å². The molecule has 1 aromatic carbocycles. The molecule has 0 amide bonds. The van der Waals surface area contributed by atoms with E-state index < -0.39 is 0 Å². The minimum absolute atomic E-state index is 0.0853. The Hall–Kier alpha value is -0.910. The van der Waals surface area contributed by atoms with Crippen LogP contribution in [0.4, 0.5) is 0 Å². The summed E-state index contributed by atoms with van der Waals surface area (Å²) in [6.45, 7) is 0. The number of rotatable bonds is 0. The molecule has 0 unspecified atom stereocenters. The number of fused-ring (bicyclic) bond motifs is 1. The van der Waals surface area contributed by atoms with Gasteiger partial charge >= 0.3 is 0 Å². The number of aromatic nitrogens is 1. The minimum Gasteiger partial charge on any atom is -0.504 e. The van der Waals surface area contributed by atoms with Crippen LogP contribution in [0.1, 0.15) is 0 Å². The third-order valence-corrected chi connectivity index (χ3v) is 2.26. The number of nitrogens with one attached hydrogen (secondary N) is 1. The maximum absolute atomic E-state index is 9.16. The Morgan fingerprint density at radius 3 is 2.50 bits per heavy atom. The van der Waals surface area contributed by atoms with Crippen molar-refractivity contribution in [2.45, 2.75) is 0 Å². The highest BCUT2D eigenvalue weighted by Crippen LogP contribution is 2.30. The zero-order chi connectivity index (χ0) is 8.72. The van der Waals surface area contributed by atoms with Crippen molar-refractivity contribution in [2.24, 2.45) is 0 Å². The summed E-state index contributed by atoms with van der Waals surface area (Å²) < 4.78 is 0.979. The van der Waals surface area contributed by atoms with Gasteiger partial charge in [0, 0.05) is 11.5 Å². The van der Waals surface area contributed by atoms with Gasteiger partial charge < -0.3 is 15.2 Å². The Bertz CT molecular complexity index is 397. The van der Waals surface area contributed by atoms with Gasteiger partial charge in [0.05, 0.1) is 9.22 Å². The quantitative estimate of drug-likeness (QED) is 0.510. The number of H-pyrrole nitrogens is 1. The summed E-state index contributed by atoms with van der Waals surface area (Å²) in [4.78, 5) is 3.04. The molecule has 0 saturated carbocycles. The molecule has 0 saturated heterocycles. The summed E-state index contributed by atoms with van der Waals surface area (Å²) in [6.07, 6.45) is 0. The third kappa shape index (κ3) is 1.12. The number of aromatic hydroxyl groups is 2. The lowest BCUT2D eigenvalue weighted by Crippen LogP contribution is -1.70. The summed E-state index contributed by atoms with van der Waals surface area (Å²) in [5, 5.41) is 19.2. The van der Waals surface area contributed by atoms with Gasteiger partial charge in [0.2, 0.25) is 0 Å². The first-order valence-electron chi connectivity index (χ1n) is 3.37. The summed E-state index contributed by atoms with van der Waals surface area (Å²) in [5.41, 5.74) is 0.828. The highest BCUT2D eigenvalue weighted by Gasteiger charge is 2.03. The SMILES string of the molecule is Oc1cc2cc(I)[nH]c2cc1O. The average Bonchev–Trinajstić information content (AvgIpc) is 2.30. The molecule has 0 aliphatic rings. The van der Waals surface area contributed by atoms with Gasteiger partial charge in [0.1, 0.15) is 0 Å². The molecule has 0 atom stereocenters. The van der Waals surface area contributed by atoms with E-state index in [2.05, 4.69) is 27.6 Å². The molecule has 0 aliphatic carbocycles. The van der Waals surface area contributed by atoms with Crippen LogP contribution in [0.5, 0.6) is 11.5 Å². The normalized spacial score (nSPS) is 10.8. The predicted molar refractivity (Wildman–Crippen MR) is 54.3 cm³/mol. The number of phenols is 2. The van der Waals surface area contributed by atoms with Gasteiger partial charge in [-0.25, -0.2) is 0 Å². The second-order valence-corrected chi connectivity index (χ2v) is 3.71. The fourth-order valence-corrected chi connectivity index (χ4v) is 1.75. The van der Waals surface area contributed by atoms with E-state index in [1.54, 1.807) is 0 Å². The Balaban J connectivity index is 2.83. The Morgan fingerprint density at radius 2 is 1.75 bits per heavy atom. The molecule has 4 heteroatoms. The lowest BCUT2D eigenvalue weighted by molar-refractivity contribution is 0.405. The van der Waals surface area contributed by atoms with E-state index >= 15 is 0 Å². The molecule has 0 aliphatic heterocycles. The van der Waals surface area contributed by atoms with E-state index in [1.165, 1.54) is 12.1 Å². The first kappa shape index (κ1) is 7.72. The smallest absolute Gasteiger partial charge is 0.159 e. The third-order valence-electron chi connectivity index (χ3n) is 1.68. The van der Waals surface area contributed by atoms with Crippen LogP contribution in [0, 0.1) is 3.70 Å². The highest BCUT2D eigenvalue weighted by atomic mass is 127. The maximum Gasteiger partial charge on any atom is 0.159 e. The molecule has 2 rings (SSSR count). The predicted octanol–water partition coefficient (Wildman–Crippen LogP) is 2.18. The van der Waals surface area contributed by atoms with Gasteiger partial charge in [-0.2, -0.15) is 0 Å². The monoisotopic (exact) mass is 275 g/mol. The standard InChI is InChI=1S/C8H6INO2/c9-8-2-4-1-6(11)7(12)3-5(4)10-8/h1-3,10-12H. The van der Waals surface area contributed by atoms with Crippen LogP contribution in [0.25, 0.3) is 10.9 Å². The minimum atomic E-state index is -0.0965. The lowest BCUT2D eigenvalue weighted by Gasteiger charge is -1.95. The Labute approximate surface area is 82.2 Å². The maximum atomic E-state index is 9.16. The molecule has 12 heavy (non-hydrogen) atoms. The lowest BCUT2D eigenvalue weighted by atomic mass is 10.2. The second-order valence-electron chi connectivity index (χ2n) is 2.55. The summed E-state index contributed by atoms with van der Waals surface area (Å²) in [6, 6.07) is 4.94. The zero-order valence-electron chi connectivity index (χ0n) is 6.00. The van der Waals surface area contributed by atoms with Crippen LogP contribution in [0.3, 0.4) is 0 Å². The van der Waals surface area contributed by atoms with Gasteiger partial charge in [-0.3, -0.25) is 0 Å². The Morgan fingerprint density at radius 1 is 1.08 bits per heavy atom. The van der Waals surface area contributed by atoms with Crippen molar-refractivity contribution < 1.29 is 10.2 Å². The van der Waals surface area contributed by atoms with Crippen molar-refractivity contribution in [1.82, 2.24) is 4.98 Å². The molecule has 1 aromatic heterocycles. The molecule has 3 N–H and O–H groups in total. The number of benzene rings is 1. The first-order valence-corrected chi connectivity index (χ1v) is 4.45. The second kappa shape index (κ2) is 2.55. The molecule has 0 bridgehead atoms. The van der Waals surface area contributed by atoms with E-state index in [1.807, 2.05) is 6.07 Å². The number of phenolic OH excluding ortho intramolecular Hbond substituents is 2. The zero-order valence-corrected chi connectivity index (χ0v) is 8.16. The molecular formula is C8H6INO2. The van der Waals surface area contributed by atoms with Crippen LogP contribution >= 0.6 is 22.6 Å². The van der Waals surface area contributed by atoms with Crippen LogP contribution in [0.2, 0.25) is 0 Å². The molecule has 3 nitrogen and oxygen atoms in total. The average molecular weight is 275 g/mol. The van der Waals surface area contributed by atoms with Crippen LogP contribution in [-0.2, 0) is 0 Å². The fourth-order valence-electron chi connectivity index (χ4n) is 1.12. The topological polar surface area (TPSA) is 56.2 Å². The van der Waals surface area contributed by atoms with E-state index in [0.717, 1.165) is 14.6 Å².